The van der Waals surface area contributed by atoms with E-state index < -0.39 is 6.10 Å². The molecule has 0 aromatic heterocycles. The fraction of sp³-hybridized carbons (Fsp3) is 0.429. The second-order valence-electron chi connectivity index (χ2n) is 4.11. The minimum Gasteiger partial charge on any atom is -0.364 e. The summed E-state index contributed by atoms with van der Waals surface area (Å²) in [6.07, 6.45) is -0.588. The number of rotatable bonds is 7. The van der Waals surface area contributed by atoms with Gasteiger partial charge in [-0.1, -0.05) is 30.3 Å². The summed E-state index contributed by atoms with van der Waals surface area (Å²) in [5.74, 6) is -0.492. The monoisotopic (exact) mass is 264 g/mol. The summed E-state index contributed by atoms with van der Waals surface area (Å²) in [6.45, 7) is 4.39. The molecule has 5 heteroatoms. The highest BCUT2D eigenvalue weighted by molar-refractivity contribution is 5.86. The molecule has 0 bridgehead atoms. The van der Waals surface area contributed by atoms with E-state index in [4.69, 9.17) is 4.74 Å². The molecule has 2 N–H and O–H groups in total. The molecule has 5 nitrogen and oxygen atoms in total. The Morgan fingerprint density at radius 2 is 1.89 bits per heavy atom. The molecule has 1 aromatic carbocycles. The van der Waals surface area contributed by atoms with E-state index in [0.717, 1.165) is 5.56 Å². The number of amides is 2. The van der Waals surface area contributed by atoms with E-state index in [-0.39, 0.29) is 18.4 Å². The average molecular weight is 264 g/mol. The lowest BCUT2D eigenvalue weighted by molar-refractivity contribution is -0.134. The van der Waals surface area contributed by atoms with Crippen LogP contribution >= 0.6 is 0 Å². The van der Waals surface area contributed by atoms with Gasteiger partial charge >= 0.3 is 0 Å². The highest BCUT2D eigenvalue weighted by Crippen LogP contribution is 2.03. The van der Waals surface area contributed by atoms with E-state index in [0.29, 0.717) is 13.2 Å². The van der Waals surface area contributed by atoms with Crippen molar-refractivity contribution in [2.24, 2.45) is 0 Å². The van der Waals surface area contributed by atoms with Crippen LogP contribution in [0.1, 0.15) is 19.4 Å². The Kier molecular flexibility index (Phi) is 6.60. The fourth-order valence-corrected chi connectivity index (χ4v) is 1.44. The SMILES string of the molecule is CCNC(=O)CNC(=O)[C@H](C)OCc1ccccc1. The lowest BCUT2D eigenvalue weighted by Crippen LogP contribution is -2.41. The van der Waals surface area contributed by atoms with Crippen molar-refractivity contribution >= 4 is 11.8 Å². The normalized spacial score (nSPS) is 11.7. The molecule has 0 radical (unpaired) electrons. The number of nitrogens with one attached hydrogen (secondary N) is 2. The first-order chi connectivity index (χ1) is 9.13. The summed E-state index contributed by atoms with van der Waals surface area (Å²) in [5, 5.41) is 5.13. The molecule has 0 spiro atoms. The van der Waals surface area contributed by atoms with Gasteiger partial charge in [0.15, 0.2) is 0 Å². The molecule has 0 saturated heterocycles. The van der Waals surface area contributed by atoms with E-state index in [2.05, 4.69) is 10.6 Å². The van der Waals surface area contributed by atoms with Crippen molar-refractivity contribution in [3.05, 3.63) is 35.9 Å². The molecule has 0 fully saturated rings. The maximum Gasteiger partial charge on any atom is 0.249 e. The number of hydrogen-bond acceptors (Lipinski definition) is 3. The molecule has 104 valence electrons. The number of carbonyl (C=O) groups excluding carboxylic acids is 2. The molecular formula is C14H20N2O3. The quantitative estimate of drug-likeness (QED) is 0.767. The van der Waals surface area contributed by atoms with Crippen LogP contribution in [0.4, 0.5) is 0 Å². The number of likely N-dealkylation sites (N-methyl/N-ethyl adjacent to an activating group) is 1. The van der Waals surface area contributed by atoms with Gasteiger partial charge in [-0.25, -0.2) is 0 Å². The number of ether oxygens (including phenoxy) is 1. The van der Waals surface area contributed by atoms with Crippen molar-refractivity contribution in [1.82, 2.24) is 10.6 Å². The summed E-state index contributed by atoms with van der Waals surface area (Å²) >= 11 is 0. The van der Waals surface area contributed by atoms with E-state index in [1.807, 2.05) is 37.3 Å². The molecule has 0 aliphatic heterocycles. The number of carbonyl (C=O) groups is 2. The minimum atomic E-state index is -0.588. The first kappa shape index (κ1) is 15.2. The first-order valence-corrected chi connectivity index (χ1v) is 6.33. The zero-order chi connectivity index (χ0) is 14.1. The molecule has 0 saturated carbocycles. The lowest BCUT2D eigenvalue weighted by atomic mass is 10.2. The van der Waals surface area contributed by atoms with Gasteiger partial charge in [0.1, 0.15) is 6.10 Å². The lowest BCUT2D eigenvalue weighted by Gasteiger charge is -2.13. The molecule has 0 aliphatic carbocycles. The molecule has 2 amide bonds. The summed E-state index contributed by atoms with van der Waals surface area (Å²) in [7, 11) is 0. The van der Waals surface area contributed by atoms with Crippen LogP contribution in [-0.2, 0) is 20.9 Å². The van der Waals surface area contributed by atoms with Crippen LogP contribution in [0.25, 0.3) is 0 Å². The molecule has 19 heavy (non-hydrogen) atoms. The Morgan fingerprint density at radius 3 is 2.53 bits per heavy atom. The standard InChI is InChI=1S/C14H20N2O3/c1-3-15-13(17)9-16-14(18)11(2)19-10-12-7-5-4-6-8-12/h4-8,11H,3,9-10H2,1-2H3,(H,15,17)(H,16,18)/t11-/m0/s1. The second kappa shape index (κ2) is 8.26. The van der Waals surface area contributed by atoms with Crippen molar-refractivity contribution in [2.75, 3.05) is 13.1 Å². The van der Waals surface area contributed by atoms with Gasteiger partial charge in [0.05, 0.1) is 13.2 Å². The zero-order valence-corrected chi connectivity index (χ0v) is 11.3. The van der Waals surface area contributed by atoms with Gasteiger partial charge in [0, 0.05) is 6.54 Å². The predicted octanol–water partition coefficient (Wildman–Crippen LogP) is 0.844. The largest absolute Gasteiger partial charge is 0.364 e. The van der Waals surface area contributed by atoms with Gasteiger partial charge in [0.2, 0.25) is 11.8 Å². The maximum absolute atomic E-state index is 11.7. The van der Waals surface area contributed by atoms with Crippen molar-refractivity contribution in [3.8, 4) is 0 Å². The van der Waals surface area contributed by atoms with Crippen LogP contribution in [0.2, 0.25) is 0 Å². The molecule has 0 unspecified atom stereocenters. The van der Waals surface area contributed by atoms with Crippen molar-refractivity contribution in [3.63, 3.8) is 0 Å². The van der Waals surface area contributed by atoms with Gasteiger partial charge in [-0.15, -0.1) is 0 Å². The third-order valence-corrected chi connectivity index (χ3v) is 2.51. The topological polar surface area (TPSA) is 67.4 Å². The maximum atomic E-state index is 11.7. The molecular weight excluding hydrogens is 244 g/mol. The Balaban J connectivity index is 2.27. The third-order valence-electron chi connectivity index (χ3n) is 2.51. The van der Waals surface area contributed by atoms with Crippen LogP contribution in [0, 0.1) is 0 Å². The molecule has 1 atom stereocenters. The van der Waals surface area contributed by atoms with Crippen molar-refractivity contribution < 1.29 is 14.3 Å². The minimum absolute atomic E-state index is 0.0221. The first-order valence-electron chi connectivity index (χ1n) is 6.33. The highest BCUT2D eigenvalue weighted by Gasteiger charge is 2.14. The molecule has 0 aliphatic rings. The molecule has 1 rings (SSSR count). The number of hydrogen-bond donors (Lipinski definition) is 2. The van der Waals surface area contributed by atoms with E-state index >= 15 is 0 Å². The second-order valence-corrected chi connectivity index (χ2v) is 4.11. The predicted molar refractivity (Wildman–Crippen MR) is 72.4 cm³/mol. The van der Waals surface area contributed by atoms with Crippen molar-refractivity contribution in [1.29, 1.82) is 0 Å². The molecule has 0 heterocycles. The zero-order valence-electron chi connectivity index (χ0n) is 11.3. The summed E-state index contributed by atoms with van der Waals surface area (Å²) in [5.41, 5.74) is 1.01. The average Bonchev–Trinajstić information content (AvgIpc) is 2.43. The van der Waals surface area contributed by atoms with Gasteiger partial charge in [-0.05, 0) is 19.4 Å². The van der Waals surface area contributed by atoms with Crippen LogP contribution in [0.3, 0.4) is 0 Å². The fourth-order valence-electron chi connectivity index (χ4n) is 1.44. The Bertz CT molecular complexity index is 406. The Morgan fingerprint density at radius 1 is 1.21 bits per heavy atom. The van der Waals surface area contributed by atoms with Gasteiger partial charge in [0.25, 0.3) is 0 Å². The van der Waals surface area contributed by atoms with Crippen LogP contribution in [0.15, 0.2) is 30.3 Å². The Labute approximate surface area is 113 Å². The third kappa shape index (κ3) is 6.01. The summed E-state index contributed by atoms with van der Waals surface area (Å²) in [4.78, 5) is 22.8. The van der Waals surface area contributed by atoms with E-state index in [9.17, 15) is 9.59 Å². The smallest absolute Gasteiger partial charge is 0.249 e. The van der Waals surface area contributed by atoms with Crippen molar-refractivity contribution in [2.45, 2.75) is 26.6 Å². The summed E-state index contributed by atoms with van der Waals surface area (Å²) < 4.78 is 5.44. The number of benzene rings is 1. The van der Waals surface area contributed by atoms with Crippen LogP contribution < -0.4 is 10.6 Å². The summed E-state index contributed by atoms with van der Waals surface area (Å²) in [6, 6.07) is 9.61. The van der Waals surface area contributed by atoms with Crippen LogP contribution in [0.5, 0.6) is 0 Å². The van der Waals surface area contributed by atoms with E-state index in [1.165, 1.54) is 0 Å². The Hall–Kier alpha value is -1.88. The molecule has 1 aromatic rings. The van der Waals surface area contributed by atoms with Gasteiger partial charge in [-0.3, -0.25) is 9.59 Å². The highest BCUT2D eigenvalue weighted by atomic mass is 16.5. The van der Waals surface area contributed by atoms with Crippen LogP contribution in [-0.4, -0.2) is 31.0 Å². The van der Waals surface area contributed by atoms with E-state index in [1.54, 1.807) is 6.92 Å². The van der Waals surface area contributed by atoms with Gasteiger partial charge in [-0.2, -0.15) is 0 Å². The van der Waals surface area contributed by atoms with Gasteiger partial charge < -0.3 is 15.4 Å².